The summed E-state index contributed by atoms with van der Waals surface area (Å²) in [7, 11) is 1.82. The maximum Gasteiger partial charge on any atom is 0.0958 e. The lowest BCUT2D eigenvalue weighted by Crippen LogP contribution is -2.45. The van der Waals surface area contributed by atoms with Crippen molar-refractivity contribution in [2.75, 3.05) is 7.11 Å². The van der Waals surface area contributed by atoms with E-state index in [2.05, 4.69) is 32.9 Å². The highest BCUT2D eigenvalue weighted by molar-refractivity contribution is 5.31. The molecule has 5 atom stereocenters. The molecule has 1 heteroatoms. The van der Waals surface area contributed by atoms with Crippen molar-refractivity contribution in [3.63, 3.8) is 0 Å². The van der Waals surface area contributed by atoms with Crippen LogP contribution >= 0.6 is 0 Å². The third kappa shape index (κ3) is 2.65. The molecule has 0 radical (unpaired) electrons. The number of ether oxygens (including phenoxy) is 1. The smallest absolute Gasteiger partial charge is 0.0958 e. The summed E-state index contributed by atoms with van der Waals surface area (Å²) in [5.74, 6) is 4.82. The molecule has 0 aliphatic heterocycles. The van der Waals surface area contributed by atoms with Crippen molar-refractivity contribution in [2.45, 2.75) is 72.1 Å². The number of allylic oxidation sites excluding steroid dienone is 4. The molecular formula is C21H34O. The van der Waals surface area contributed by atoms with Crippen molar-refractivity contribution in [1.82, 2.24) is 0 Å². The van der Waals surface area contributed by atoms with Crippen LogP contribution in [0.5, 0.6) is 0 Å². The molecule has 0 bridgehead atoms. The van der Waals surface area contributed by atoms with Gasteiger partial charge in [0.05, 0.1) is 12.9 Å². The third-order valence-electron chi connectivity index (χ3n) is 7.28. The minimum Gasteiger partial charge on any atom is -0.501 e. The SMILES string of the molecule is CCCC1C2CC=C3C=C(OC)CCC3C2CCC1(C)CC. The quantitative estimate of drug-likeness (QED) is 0.608. The first-order chi connectivity index (χ1) is 10.6. The highest BCUT2D eigenvalue weighted by atomic mass is 16.5. The van der Waals surface area contributed by atoms with Gasteiger partial charge in [0, 0.05) is 6.42 Å². The molecule has 3 aliphatic rings. The van der Waals surface area contributed by atoms with Gasteiger partial charge in [-0.2, -0.15) is 0 Å². The van der Waals surface area contributed by atoms with E-state index < -0.39 is 0 Å². The Balaban J connectivity index is 1.87. The van der Waals surface area contributed by atoms with Crippen LogP contribution in [0.15, 0.2) is 23.5 Å². The van der Waals surface area contributed by atoms with Crippen LogP contribution in [-0.4, -0.2) is 7.11 Å². The molecule has 22 heavy (non-hydrogen) atoms. The summed E-state index contributed by atoms with van der Waals surface area (Å²) in [6.45, 7) is 7.37. The number of hydrogen-bond donors (Lipinski definition) is 0. The molecular weight excluding hydrogens is 268 g/mol. The first-order valence-electron chi connectivity index (χ1n) is 9.57. The number of hydrogen-bond acceptors (Lipinski definition) is 1. The van der Waals surface area contributed by atoms with Crippen molar-refractivity contribution >= 4 is 0 Å². The molecule has 1 nitrogen and oxygen atoms in total. The molecule has 0 saturated heterocycles. The summed E-state index contributed by atoms with van der Waals surface area (Å²) < 4.78 is 5.51. The third-order valence-corrected chi connectivity index (χ3v) is 7.28. The van der Waals surface area contributed by atoms with Crippen LogP contribution in [0.1, 0.15) is 72.1 Å². The van der Waals surface area contributed by atoms with E-state index in [-0.39, 0.29) is 0 Å². The van der Waals surface area contributed by atoms with E-state index in [1.54, 1.807) is 5.57 Å². The van der Waals surface area contributed by atoms with E-state index in [1.165, 1.54) is 50.7 Å². The van der Waals surface area contributed by atoms with Gasteiger partial charge in [-0.25, -0.2) is 0 Å². The van der Waals surface area contributed by atoms with E-state index in [1.807, 2.05) is 7.11 Å². The topological polar surface area (TPSA) is 9.23 Å². The van der Waals surface area contributed by atoms with Gasteiger partial charge in [0.15, 0.2) is 0 Å². The molecule has 0 aromatic carbocycles. The molecule has 0 N–H and O–H groups in total. The minimum atomic E-state index is 0.588. The second kappa shape index (κ2) is 6.42. The van der Waals surface area contributed by atoms with Gasteiger partial charge in [-0.05, 0) is 72.8 Å². The van der Waals surface area contributed by atoms with Gasteiger partial charge in [-0.15, -0.1) is 0 Å². The number of fused-ring (bicyclic) bond motifs is 3. The Labute approximate surface area is 137 Å². The molecule has 0 aromatic heterocycles. The maximum absolute atomic E-state index is 5.51. The molecule has 3 aliphatic carbocycles. The second-order valence-electron chi connectivity index (χ2n) is 8.17. The van der Waals surface area contributed by atoms with Crippen molar-refractivity contribution < 1.29 is 4.74 Å². The molecule has 3 rings (SSSR count). The van der Waals surface area contributed by atoms with E-state index in [0.29, 0.717) is 5.41 Å². The maximum atomic E-state index is 5.51. The summed E-state index contributed by atoms with van der Waals surface area (Å²) in [4.78, 5) is 0. The predicted octanol–water partition coefficient (Wildman–Crippen LogP) is 6.12. The Kier molecular flexibility index (Phi) is 4.71. The van der Waals surface area contributed by atoms with Crippen LogP contribution in [-0.2, 0) is 4.74 Å². The minimum absolute atomic E-state index is 0.588. The fourth-order valence-corrected chi connectivity index (χ4v) is 5.80. The first-order valence-corrected chi connectivity index (χ1v) is 9.57. The molecule has 1 fully saturated rings. The summed E-state index contributed by atoms with van der Waals surface area (Å²) >= 11 is 0. The lowest BCUT2D eigenvalue weighted by Gasteiger charge is -2.54. The van der Waals surface area contributed by atoms with Gasteiger partial charge >= 0.3 is 0 Å². The zero-order chi connectivity index (χ0) is 15.7. The molecule has 0 heterocycles. The summed E-state index contributed by atoms with van der Waals surface area (Å²) in [6, 6.07) is 0. The predicted molar refractivity (Wildman–Crippen MR) is 93.5 cm³/mol. The zero-order valence-electron chi connectivity index (χ0n) is 15.0. The molecule has 1 saturated carbocycles. The zero-order valence-corrected chi connectivity index (χ0v) is 15.0. The van der Waals surface area contributed by atoms with Gasteiger partial charge in [0.1, 0.15) is 0 Å². The van der Waals surface area contributed by atoms with E-state index >= 15 is 0 Å². The normalized spacial score (nSPS) is 41.1. The fourth-order valence-electron chi connectivity index (χ4n) is 5.80. The standard InChI is InChI=1S/C21H34O/c1-5-7-20-19-10-8-15-14-16(22-4)9-11-17(15)18(19)12-13-21(20,3)6-2/h8,14,17-20H,5-7,9-13H2,1-4H3. The van der Waals surface area contributed by atoms with Gasteiger partial charge < -0.3 is 4.74 Å². The number of methoxy groups -OCH3 is 1. The van der Waals surface area contributed by atoms with Crippen molar-refractivity contribution in [3.8, 4) is 0 Å². The Morgan fingerprint density at radius 2 is 2.05 bits per heavy atom. The lowest BCUT2D eigenvalue weighted by atomic mass is 9.51. The van der Waals surface area contributed by atoms with E-state index in [0.717, 1.165) is 30.1 Å². The largest absolute Gasteiger partial charge is 0.501 e. The van der Waals surface area contributed by atoms with Gasteiger partial charge in [0.2, 0.25) is 0 Å². The summed E-state index contributed by atoms with van der Waals surface area (Å²) in [5.41, 5.74) is 2.18. The monoisotopic (exact) mass is 302 g/mol. The number of rotatable bonds is 4. The fraction of sp³-hybridized carbons (Fsp3) is 0.810. The second-order valence-corrected chi connectivity index (χ2v) is 8.17. The van der Waals surface area contributed by atoms with Crippen molar-refractivity contribution in [1.29, 1.82) is 0 Å². The molecule has 0 spiro atoms. The van der Waals surface area contributed by atoms with Crippen LogP contribution in [0.2, 0.25) is 0 Å². The average Bonchev–Trinajstić information content (AvgIpc) is 2.56. The summed E-state index contributed by atoms with van der Waals surface area (Å²) in [5, 5.41) is 0. The molecule has 5 unspecified atom stereocenters. The van der Waals surface area contributed by atoms with Crippen molar-refractivity contribution in [3.05, 3.63) is 23.5 Å². The molecule has 0 amide bonds. The van der Waals surface area contributed by atoms with E-state index in [4.69, 9.17) is 4.74 Å². The highest BCUT2D eigenvalue weighted by Crippen LogP contribution is 2.57. The van der Waals surface area contributed by atoms with Gasteiger partial charge in [-0.1, -0.05) is 39.7 Å². The van der Waals surface area contributed by atoms with Gasteiger partial charge in [0.25, 0.3) is 0 Å². The van der Waals surface area contributed by atoms with Gasteiger partial charge in [-0.3, -0.25) is 0 Å². The summed E-state index contributed by atoms with van der Waals surface area (Å²) in [6.07, 6.45) is 15.7. The van der Waals surface area contributed by atoms with Crippen LogP contribution in [0.25, 0.3) is 0 Å². The lowest BCUT2D eigenvalue weighted by molar-refractivity contribution is -0.0164. The Morgan fingerprint density at radius 3 is 2.73 bits per heavy atom. The van der Waals surface area contributed by atoms with Crippen molar-refractivity contribution in [2.24, 2.45) is 29.1 Å². The molecule has 124 valence electrons. The molecule has 0 aromatic rings. The Bertz CT molecular complexity index is 461. The van der Waals surface area contributed by atoms with Crippen LogP contribution in [0.3, 0.4) is 0 Å². The average molecular weight is 303 g/mol. The highest BCUT2D eigenvalue weighted by Gasteiger charge is 2.48. The van der Waals surface area contributed by atoms with Crippen LogP contribution < -0.4 is 0 Å². The Hall–Kier alpha value is -0.720. The van der Waals surface area contributed by atoms with Crippen LogP contribution in [0.4, 0.5) is 0 Å². The Morgan fingerprint density at radius 1 is 1.23 bits per heavy atom. The van der Waals surface area contributed by atoms with Crippen LogP contribution in [0, 0.1) is 29.1 Å². The van der Waals surface area contributed by atoms with E-state index in [9.17, 15) is 0 Å². The first kappa shape index (κ1) is 16.1.